The quantitative estimate of drug-likeness (QED) is 0.902. The molecule has 1 aromatic heterocycles. The van der Waals surface area contributed by atoms with E-state index in [1.54, 1.807) is 6.92 Å². The third kappa shape index (κ3) is 3.09. The Balaban J connectivity index is 2.25. The number of rotatable bonds is 4. The minimum absolute atomic E-state index is 0.123. The number of pyridine rings is 1. The summed E-state index contributed by atoms with van der Waals surface area (Å²) in [5.74, 6) is -1.64. The zero-order valence-electron chi connectivity index (χ0n) is 10.7. The van der Waals surface area contributed by atoms with Gasteiger partial charge in [0.05, 0.1) is 17.9 Å². The largest absolute Gasteiger partial charge is 0.376 e. The Hall–Kier alpha value is -2.50. The van der Waals surface area contributed by atoms with Gasteiger partial charge < -0.3 is 11.1 Å². The number of primary amides is 1. The van der Waals surface area contributed by atoms with Crippen molar-refractivity contribution in [3.63, 3.8) is 0 Å². The van der Waals surface area contributed by atoms with Crippen LogP contribution in [0.1, 0.15) is 28.9 Å². The highest BCUT2D eigenvalue weighted by Gasteiger charge is 2.12. The molecule has 0 aliphatic carbocycles. The normalized spacial score (nSPS) is 11.9. The number of anilines is 1. The first-order valence-electron chi connectivity index (χ1n) is 5.93. The van der Waals surface area contributed by atoms with Crippen LogP contribution in [-0.4, -0.2) is 10.9 Å². The molecule has 0 spiro atoms. The van der Waals surface area contributed by atoms with Crippen LogP contribution in [0.5, 0.6) is 0 Å². The summed E-state index contributed by atoms with van der Waals surface area (Å²) in [5.41, 5.74) is 6.03. The maximum absolute atomic E-state index is 13.7. The number of carbonyl (C=O) groups excluding carboxylic acids is 1. The fourth-order valence-electron chi connectivity index (χ4n) is 1.77. The summed E-state index contributed by atoms with van der Waals surface area (Å²) in [7, 11) is 0. The molecule has 1 unspecified atom stereocenters. The summed E-state index contributed by atoms with van der Waals surface area (Å²) in [6.07, 6.45) is 2.57. The predicted octanol–water partition coefficient (Wildman–Crippen LogP) is 2.63. The molecule has 0 radical (unpaired) electrons. The Labute approximate surface area is 114 Å². The number of nitrogens with one attached hydrogen (secondary N) is 1. The van der Waals surface area contributed by atoms with Crippen molar-refractivity contribution < 1.29 is 13.6 Å². The second-order valence-electron chi connectivity index (χ2n) is 4.36. The standard InChI is InChI=1S/C14H13F2N3O/c1-8(10-4-11(15)7-18-6-10)19-13-5-9(14(17)20)2-3-12(13)16/h2-8,19H,1H3,(H2,17,20). The number of carbonyl (C=O) groups is 1. The average Bonchev–Trinajstić information content (AvgIpc) is 2.41. The monoisotopic (exact) mass is 277 g/mol. The Morgan fingerprint density at radius 3 is 2.70 bits per heavy atom. The first-order chi connectivity index (χ1) is 9.47. The fraction of sp³-hybridized carbons (Fsp3) is 0.143. The number of hydrogen-bond donors (Lipinski definition) is 2. The number of nitrogens with two attached hydrogens (primary N) is 1. The number of benzene rings is 1. The van der Waals surface area contributed by atoms with Gasteiger partial charge in [-0.25, -0.2) is 8.78 Å². The van der Waals surface area contributed by atoms with Gasteiger partial charge in [0, 0.05) is 11.8 Å². The van der Waals surface area contributed by atoms with Crippen molar-refractivity contribution in [3.05, 3.63) is 59.4 Å². The molecule has 0 bridgehead atoms. The van der Waals surface area contributed by atoms with Gasteiger partial charge in [-0.1, -0.05) is 0 Å². The molecule has 0 saturated carbocycles. The maximum atomic E-state index is 13.7. The number of hydrogen-bond acceptors (Lipinski definition) is 3. The molecular weight excluding hydrogens is 264 g/mol. The predicted molar refractivity (Wildman–Crippen MR) is 71.2 cm³/mol. The van der Waals surface area contributed by atoms with Gasteiger partial charge in [-0.2, -0.15) is 0 Å². The third-order valence-corrected chi connectivity index (χ3v) is 2.85. The van der Waals surface area contributed by atoms with Gasteiger partial charge in [0.15, 0.2) is 0 Å². The lowest BCUT2D eigenvalue weighted by molar-refractivity contribution is 0.100. The van der Waals surface area contributed by atoms with Crippen molar-refractivity contribution in [2.75, 3.05) is 5.32 Å². The molecule has 0 saturated heterocycles. The van der Waals surface area contributed by atoms with Crippen molar-refractivity contribution in [2.24, 2.45) is 5.73 Å². The minimum Gasteiger partial charge on any atom is -0.376 e. The fourth-order valence-corrected chi connectivity index (χ4v) is 1.77. The second kappa shape index (κ2) is 5.64. The van der Waals surface area contributed by atoms with Crippen molar-refractivity contribution in [2.45, 2.75) is 13.0 Å². The molecule has 2 rings (SSSR count). The van der Waals surface area contributed by atoms with Gasteiger partial charge in [-0.15, -0.1) is 0 Å². The zero-order valence-corrected chi connectivity index (χ0v) is 10.7. The second-order valence-corrected chi connectivity index (χ2v) is 4.36. The number of amides is 1. The number of nitrogens with zero attached hydrogens (tertiary/aromatic N) is 1. The van der Waals surface area contributed by atoms with Crippen LogP contribution in [0.15, 0.2) is 36.7 Å². The summed E-state index contributed by atoms with van der Waals surface area (Å²) in [5, 5.41) is 2.86. The van der Waals surface area contributed by atoms with E-state index < -0.39 is 17.5 Å². The van der Waals surface area contributed by atoms with Gasteiger partial charge in [0.2, 0.25) is 5.91 Å². The van der Waals surface area contributed by atoms with E-state index in [-0.39, 0.29) is 17.3 Å². The number of halogens is 2. The molecular formula is C14H13F2N3O. The van der Waals surface area contributed by atoms with E-state index in [0.717, 1.165) is 12.3 Å². The van der Waals surface area contributed by atoms with Crippen molar-refractivity contribution in [3.8, 4) is 0 Å². The summed E-state index contributed by atoms with van der Waals surface area (Å²) < 4.78 is 26.8. The van der Waals surface area contributed by atoms with Crippen LogP contribution in [0, 0.1) is 11.6 Å². The Kier molecular flexibility index (Phi) is 3.93. The third-order valence-electron chi connectivity index (χ3n) is 2.85. The highest BCUT2D eigenvalue weighted by Crippen LogP contribution is 2.22. The number of aromatic nitrogens is 1. The van der Waals surface area contributed by atoms with E-state index in [9.17, 15) is 13.6 Å². The van der Waals surface area contributed by atoms with Gasteiger partial charge in [0.1, 0.15) is 11.6 Å². The highest BCUT2D eigenvalue weighted by molar-refractivity contribution is 5.93. The molecule has 104 valence electrons. The zero-order chi connectivity index (χ0) is 14.7. The smallest absolute Gasteiger partial charge is 0.248 e. The molecule has 3 N–H and O–H groups in total. The van der Waals surface area contributed by atoms with E-state index >= 15 is 0 Å². The highest BCUT2D eigenvalue weighted by atomic mass is 19.1. The Morgan fingerprint density at radius 2 is 2.05 bits per heavy atom. The molecule has 1 aromatic carbocycles. The van der Waals surface area contributed by atoms with Crippen LogP contribution < -0.4 is 11.1 Å². The lowest BCUT2D eigenvalue weighted by Gasteiger charge is -2.16. The summed E-state index contributed by atoms with van der Waals surface area (Å²) in [6, 6.07) is 4.70. The van der Waals surface area contributed by atoms with E-state index in [4.69, 9.17) is 5.73 Å². The maximum Gasteiger partial charge on any atom is 0.248 e. The lowest BCUT2D eigenvalue weighted by atomic mass is 10.1. The molecule has 0 aliphatic rings. The van der Waals surface area contributed by atoms with Gasteiger partial charge >= 0.3 is 0 Å². The van der Waals surface area contributed by atoms with E-state index in [2.05, 4.69) is 10.3 Å². The molecule has 0 aliphatic heterocycles. The molecule has 2 aromatic rings. The van der Waals surface area contributed by atoms with Crippen molar-refractivity contribution >= 4 is 11.6 Å². The van der Waals surface area contributed by atoms with Gasteiger partial charge in [-0.05, 0) is 36.8 Å². The van der Waals surface area contributed by atoms with Crippen molar-refractivity contribution in [1.82, 2.24) is 4.98 Å². The van der Waals surface area contributed by atoms with Crippen LogP contribution in [0.2, 0.25) is 0 Å². The van der Waals surface area contributed by atoms with E-state index in [0.29, 0.717) is 5.56 Å². The summed E-state index contributed by atoms with van der Waals surface area (Å²) in [6.45, 7) is 1.73. The summed E-state index contributed by atoms with van der Waals surface area (Å²) >= 11 is 0. The topological polar surface area (TPSA) is 68.0 Å². The Morgan fingerprint density at radius 1 is 1.30 bits per heavy atom. The van der Waals surface area contributed by atoms with Crippen LogP contribution in [0.4, 0.5) is 14.5 Å². The van der Waals surface area contributed by atoms with Crippen LogP contribution in [0.25, 0.3) is 0 Å². The van der Waals surface area contributed by atoms with Gasteiger partial charge in [-0.3, -0.25) is 9.78 Å². The Bertz CT molecular complexity index is 646. The van der Waals surface area contributed by atoms with Gasteiger partial charge in [0.25, 0.3) is 0 Å². The first-order valence-corrected chi connectivity index (χ1v) is 5.93. The average molecular weight is 277 g/mol. The molecule has 0 fully saturated rings. The van der Waals surface area contributed by atoms with Crippen LogP contribution in [-0.2, 0) is 0 Å². The molecule has 4 nitrogen and oxygen atoms in total. The minimum atomic E-state index is -0.645. The first kappa shape index (κ1) is 13.9. The SMILES string of the molecule is CC(Nc1cc(C(N)=O)ccc1F)c1cncc(F)c1. The van der Waals surface area contributed by atoms with Crippen molar-refractivity contribution in [1.29, 1.82) is 0 Å². The molecule has 6 heteroatoms. The lowest BCUT2D eigenvalue weighted by Crippen LogP contribution is -2.13. The van der Waals surface area contributed by atoms with Crippen LogP contribution in [0.3, 0.4) is 0 Å². The van der Waals surface area contributed by atoms with Crippen LogP contribution >= 0.6 is 0 Å². The summed E-state index contributed by atoms with van der Waals surface area (Å²) in [4.78, 5) is 14.8. The van der Waals surface area contributed by atoms with E-state index in [1.807, 2.05) is 0 Å². The molecule has 20 heavy (non-hydrogen) atoms. The van der Waals surface area contributed by atoms with E-state index in [1.165, 1.54) is 24.4 Å². The molecule has 1 atom stereocenters. The molecule has 1 amide bonds. The molecule has 1 heterocycles.